The van der Waals surface area contributed by atoms with Crippen LogP contribution in [0.1, 0.15) is 58.3 Å². The first-order valence-corrected chi connectivity index (χ1v) is 10.3. The van der Waals surface area contributed by atoms with Crippen LogP contribution in [0.25, 0.3) is 0 Å². The van der Waals surface area contributed by atoms with Crippen molar-refractivity contribution in [2.45, 2.75) is 82.6 Å². The van der Waals surface area contributed by atoms with Gasteiger partial charge in [-0.05, 0) is 32.6 Å². The topological polar surface area (TPSA) is 67.4 Å². The number of ether oxygens (including phenoxy) is 1. The first-order valence-electron chi connectivity index (χ1n) is 8.57. The Bertz CT molecular complexity index is 386. The number of hydrogen-bond donors (Lipinski definition) is 2. The quantitative estimate of drug-likeness (QED) is 0.785. The number of hydrogen-bond acceptors (Lipinski definition) is 3. The molecule has 2 rings (SSSR count). The number of rotatable bonds is 6. The zero-order valence-electron chi connectivity index (χ0n) is 13.8. The average Bonchev–Trinajstić information content (AvgIpc) is 2.92. The molecule has 0 saturated heterocycles. The third-order valence-electron chi connectivity index (χ3n) is 4.55. The summed E-state index contributed by atoms with van der Waals surface area (Å²) in [4.78, 5) is 12.1. The monoisotopic (exact) mass is 330 g/mol. The van der Waals surface area contributed by atoms with Crippen molar-refractivity contribution in [1.29, 1.82) is 0 Å². The van der Waals surface area contributed by atoms with Gasteiger partial charge >= 0.3 is 6.03 Å². The number of carbonyl (C=O) groups excluding carboxylic acids is 1. The van der Waals surface area contributed by atoms with Crippen LogP contribution in [-0.4, -0.2) is 46.5 Å². The normalized spacial score (nSPS) is 29.0. The summed E-state index contributed by atoms with van der Waals surface area (Å²) >= 11 is 0. The van der Waals surface area contributed by atoms with Gasteiger partial charge in [-0.15, -0.1) is 0 Å². The van der Waals surface area contributed by atoms with Crippen molar-refractivity contribution in [2.75, 3.05) is 12.0 Å². The van der Waals surface area contributed by atoms with E-state index in [1.54, 1.807) is 6.26 Å². The van der Waals surface area contributed by atoms with Crippen molar-refractivity contribution in [3.8, 4) is 0 Å². The van der Waals surface area contributed by atoms with Gasteiger partial charge in [0.05, 0.1) is 18.2 Å². The van der Waals surface area contributed by atoms with Gasteiger partial charge in [-0.3, -0.25) is 4.21 Å². The average molecular weight is 330 g/mol. The van der Waals surface area contributed by atoms with Crippen LogP contribution in [0.3, 0.4) is 0 Å². The molecule has 0 radical (unpaired) electrons. The molecule has 128 valence electrons. The van der Waals surface area contributed by atoms with Gasteiger partial charge in [0.15, 0.2) is 0 Å². The summed E-state index contributed by atoms with van der Waals surface area (Å²) in [6, 6.07) is -0.137. The van der Waals surface area contributed by atoms with Gasteiger partial charge in [-0.1, -0.05) is 25.7 Å². The Kier molecular flexibility index (Phi) is 7.15. The van der Waals surface area contributed by atoms with Crippen molar-refractivity contribution in [3.05, 3.63) is 0 Å². The predicted molar refractivity (Wildman–Crippen MR) is 89.4 cm³/mol. The van der Waals surface area contributed by atoms with E-state index in [0.29, 0.717) is 11.9 Å². The van der Waals surface area contributed by atoms with E-state index in [0.717, 1.165) is 32.1 Å². The Morgan fingerprint density at radius 2 is 1.82 bits per heavy atom. The highest BCUT2D eigenvalue weighted by molar-refractivity contribution is 7.84. The molecule has 2 aliphatic carbocycles. The third kappa shape index (κ3) is 5.88. The molecule has 4 unspecified atom stereocenters. The Hall–Kier alpha value is -0.620. The largest absolute Gasteiger partial charge is 0.373 e. The molecular weight excluding hydrogens is 300 g/mol. The molecule has 2 amide bonds. The molecule has 2 fully saturated rings. The van der Waals surface area contributed by atoms with E-state index in [4.69, 9.17) is 4.74 Å². The summed E-state index contributed by atoms with van der Waals surface area (Å²) in [6.45, 7) is 1.88. The van der Waals surface area contributed by atoms with E-state index < -0.39 is 10.8 Å². The van der Waals surface area contributed by atoms with Crippen LogP contribution in [0.2, 0.25) is 0 Å². The molecular formula is C16H30N2O3S. The lowest BCUT2D eigenvalue weighted by Crippen LogP contribution is -2.52. The Balaban J connectivity index is 1.79. The minimum absolute atomic E-state index is 0.0800. The van der Waals surface area contributed by atoms with Gasteiger partial charge in [0.25, 0.3) is 0 Å². The zero-order chi connectivity index (χ0) is 15.9. The summed E-state index contributed by atoms with van der Waals surface area (Å²) in [6.07, 6.45) is 11.4. The van der Waals surface area contributed by atoms with Crippen LogP contribution in [0.15, 0.2) is 0 Å². The second kappa shape index (κ2) is 8.87. The van der Waals surface area contributed by atoms with E-state index >= 15 is 0 Å². The molecule has 0 aromatic heterocycles. The van der Waals surface area contributed by atoms with E-state index in [1.807, 2.05) is 6.92 Å². The maximum absolute atomic E-state index is 12.1. The molecule has 2 aliphatic rings. The van der Waals surface area contributed by atoms with Crippen LogP contribution in [0.5, 0.6) is 0 Å². The van der Waals surface area contributed by atoms with Gasteiger partial charge < -0.3 is 15.4 Å². The van der Waals surface area contributed by atoms with Crippen molar-refractivity contribution >= 4 is 16.8 Å². The minimum Gasteiger partial charge on any atom is -0.373 e. The maximum atomic E-state index is 12.1. The van der Waals surface area contributed by atoms with Gasteiger partial charge in [0, 0.05) is 28.9 Å². The summed E-state index contributed by atoms with van der Waals surface area (Å²) in [7, 11) is -0.896. The molecule has 4 atom stereocenters. The minimum atomic E-state index is -0.896. The van der Waals surface area contributed by atoms with Gasteiger partial charge in [-0.2, -0.15) is 0 Å². The van der Waals surface area contributed by atoms with Crippen molar-refractivity contribution in [1.82, 2.24) is 10.6 Å². The molecule has 0 aliphatic heterocycles. The fourth-order valence-electron chi connectivity index (χ4n) is 3.52. The molecule has 22 heavy (non-hydrogen) atoms. The Labute approximate surface area is 136 Å². The molecule has 0 aromatic rings. The first kappa shape index (κ1) is 17.7. The maximum Gasteiger partial charge on any atom is 0.315 e. The number of amides is 2. The summed E-state index contributed by atoms with van der Waals surface area (Å²) in [5.41, 5.74) is 0. The van der Waals surface area contributed by atoms with Crippen LogP contribution in [-0.2, 0) is 15.5 Å². The Morgan fingerprint density at radius 3 is 2.50 bits per heavy atom. The fraction of sp³-hybridized carbons (Fsp3) is 0.938. The second-order valence-corrected chi connectivity index (χ2v) is 8.21. The Morgan fingerprint density at radius 1 is 1.18 bits per heavy atom. The number of carbonyl (C=O) groups is 1. The van der Waals surface area contributed by atoms with E-state index in [2.05, 4.69) is 10.6 Å². The van der Waals surface area contributed by atoms with Gasteiger partial charge in [0.1, 0.15) is 0 Å². The number of nitrogens with one attached hydrogen (secondary N) is 2. The van der Waals surface area contributed by atoms with E-state index in [1.165, 1.54) is 19.3 Å². The lowest BCUT2D eigenvalue weighted by molar-refractivity contribution is -0.0410. The molecule has 0 aromatic carbocycles. The molecule has 2 saturated carbocycles. The predicted octanol–water partition coefficient (Wildman–Crippen LogP) is 2.32. The first-order chi connectivity index (χ1) is 10.5. The van der Waals surface area contributed by atoms with Crippen molar-refractivity contribution in [2.24, 2.45) is 0 Å². The molecule has 0 bridgehead atoms. The highest BCUT2D eigenvalue weighted by Gasteiger charge is 2.30. The standard InChI is InChI=1S/C16H30N2O3S/c1-12(11-22(2)20)17-16(19)18-14-9-5-6-10-15(14)21-13-7-3-4-8-13/h12-15H,3-11H2,1-2H3,(H2,17,18,19). The molecule has 5 nitrogen and oxygen atoms in total. The lowest BCUT2D eigenvalue weighted by atomic mass is 9.92. The van der Waals surface area contributed by atoms with Crippen molar-refractivity contribution in [3.63, 3.8) is 0 Å². The van der Waals surface area contributed by atoms with Gasteiger partial charge in [0.2, 0.25) is 0 Å². The number of urea groups is 1. The van der Waals surface area contributed by atoms with Crippen LogP contribution < -0.4 is 10.6 Å². The molecule has 6 heteroatoms. The van der Waals surface area contributed by atoms with Crippen LogP contribution in [0.4, 0.5) is 4.79 Å². The summed E-state index contributed by atoms with van der Waals surface area (Å²) in [5, 5.41) is 5.95. The fourth-order valence-corrected chi connectivity index (χ4v) is 4.31. The molecule has 2 N–H and O–H groups in total. The van der Waals surface area contributed by atoms with E-state index in [-0.39, 0.29) is 24.2 Å². The third-order valence-corrected chi connectivity index (χ3v) is 5.52. The van der Waals surface area contributed by atoms with E-state index in [9.17, 15) is 9.00 Å². The van der Waals surface area contributed by atoms with Crippen LogP contribution in [0, 0.1) is 0 Å². The lowest BCUT2D eigenvalue weighted by Gasteiger charge is -2.34. The smallest absolute Gasteiger partial charge is 0.315 e. The highest BCUT2D eigenvalue weighted by Crippen LogP contribution is 2.28. The zero-order valence-corrected chi connectivity index (χ0v) is 14.6. The summed E-state index contributed by atoms with van der Waals surface area (Å²) < 4.78 is 17.4. The molecule has 0 spiro atoms. The van der Waals surface area contributed by atoms with Crippen LogP contribution >= 0.6 is 0 Å². The SMILES string of the molecule is CC(CS(C)=O)NC(=O)NC1CCCCC1OC1CCCC1. The second-order valence-electron chi connectivity index (χ2n) is 6.73. The molecule has 0 heterocycles. The summed E-state index contributed by atoms with van der Waals surface area (Å²) in [5.74, 6) is 0.486. The van der Waals surface area contributed by atoms with Gasteiger partial charge in [-0.25, -0.2) is 4.79 Å². The van der Waals surface area contributed by atoms with Crippen molar-refractivity contribution < 1.29 is 13.7 Å². The highest BCUT2D eigenvalue weighted by atomic mass is 32.2.